The van der Waals surface area contributed by atoms with E-state index in [0.29, 0.717) is 11.4 Å². The molecule has 0 radical (unpaired) electrons. The van der Waals surface area contributed by atoms with E-state index in [9.17, 15) is 13.2 Å². The lowest BCUT2D eigenvalue weighted by molar-refractivity contribution is -0.116. The maximum Gasteiger partial charge on any atom is 0.247 e. The van der Waals surface area contributed by atoms with Gasteiger partial charge in [-0.05, 0) is 90.9 Å². The Bertz CT molecular complexity index is 859. The van der Waals surface area contributed by atoms with Crippen LogP contribution in [0, 0.1) is 17.4 Å². The predicted octanol–water partition coefficient (Wildman–Crippen LogP) is 3.70. The molecule has 25 heavy (non-hydrogen) atoms. The molecule has 0 aliphatic rings. The number of halogens is 1. The van der Waals surface area contributed by atoms with Gasteiger partial charge >= 0.3 is 0 Å². The standard InChI is InChI=1S/C18H21IN2O3S/c1-12-9-13(2)11-17(10-12)21(25(4,23)24)14(3)18(22)20-16-7-5-15(19)6-8-16/h5-11,14H,1-4H3,(H,20,22)/t14-/m1/s1. The second kappa shape index (κ2) is 7.74. The molecule has 134 valence electrons. The van der Waals surface area contributed by atoms with Crippen LogP contribution < -0.4 is 9.62 Å². The highest BCUT2D eigenvalue weighted by Crippen LogP contribution is 2.24. The van der Waals surface area contributed by atoms with Gasteiger partial charge in [0.05, 0.1) is 11.9 Å². The first-order chi connectivity index (χ1) is 11.6. The van der Waals surface area contributed by atoms with Gasteiger partial charge in [0, 0.05) is 9.26 Å². The second-order valence-corrected chi connectivity index (χ2v) is 9.18. The third kappa shape index (κ3) is 5.18. The number of carbonyl (C=O) groups is 1. The van der Waals surface area contributed by atoms with Gasteiger partial charge in [0.2, 0.25) is 15.9 Å². The summed E-state index contributed by atoms with van der Waals surface area (Å²) >= 11 is 2.18. The number of nitrogens with zero attached hydrogens (tertiary/aromatic N) is 1. The van der Waals surface area contributed by atoms with Crippen molar-refractivity contribution in [2.45, 2.75) is 26.8 Å². The topological polar surface area (TPSA) is 66.5 Å². The fourth-order valence-corrected chi connectivity index (χ4v) is 4.18. The highest BCUT2D eigenvalue weighted by molar-refractivity contribution is 14.1. The van der Waals surface area contributed by atoms with Gasteiger partial charge in [-0.1, -0.05) is 6.07 Å². The molecule has 0 aliphatic carbocycles. The minimum absolute atomic E-state index is 0.384. The summed E-state index contributed by atoms with van der Waals surface area (Å²) in [5, 5.41) is 2.77. The molecule has 0 aromatic heterocycles. The van der Waals surface area contributed by atoms with Crippen LogP contribution in [-0.2, 0) is 14.8 Å². The predicted molar refractivity (Wildman–Crippen MR) is 110 cm³/mol. The quantitative estimate of drug-likeness (QED) is 0.676. The van der Waals surface area contributed by atoms with Crippen LogP contribution >= 0.6 is 22.6 Å². The summed E-state index contributed by atoms with van der Waals surface area (Å²) in [5.41, 5.74) is 3.00. The zero-order chi connectivity index (χ0) is 18.8. The molecule has 0 saturated carbocycles. The van der Waals surface area contributed by atoms with E-state index in [0.717, 1.165) is 25.3 Å². The van der Waals surface area contributed by atoms with Gasteiger partial charge in [0.15, 0.2) is 0 Å². The zero-order valence-corrected chi connectivity index (χ0v) is 17.6. The molecule has 2 rings (SSSR count). The lowest BCUT2D eigenvalue weighted by Crippen LogP contribution is -2.45. The number of carbonyl (C=O) groups excluding carboxylic acids is 1. The number of rotatable bonds is 5. The van der Waals surface area contributed by atoms with Crippen molar-refractivity contribution < 1.29 is 13.2 Å². The van der Waals surface area contributed by atoms with Crippen LogP contribution in [0.25, 0.3) is 0 Å². The molecule has 0 unspecified atom stereocenters. The molecule has 7 heteroatoms. The van der Waals surface area contributed by atoms with Crippen molar-refractivity contribution in [2.24, 2.45) is 0 Å². The normalized spacial score (nSPS) is 12.5. The SMILES string of the molecule is Cc1cc(C)cc(N([C@H](C)C(=O)Nc2ccc(I)cc2)S(C)(=O)=O)c1. The van der Waals surface area contributed by atoms with E-state index in [4.69, 9.17) is 0 Å². The number of benzene rings is 2. The molecule has 0 fully saturated rings. The van der Waals surface area contributed by atoms with Crippen molar-refractivity contribution in [3.63, 3.8) is 0 Å². The first-order valence-electron chi connectivity index (χ1n) is 7.72. The Kier molecular flexibility index (Phi) is 6.10. The maximum absolute atomic E-state index is 12.6. The first kappa shape index (κ1) is 19.7. The van der Waals surface area contributed by atoms with Gasteiger partial charge in [-0.15, -0.1) is 0 Å². The largest absolute Gasteiger partial charge is 0.324 e. The van der Waals surface area contributed by atoms with E-state index < -0.39 is 16.1 Å². The van der Waals surface area contributed by atoms with Gasteiger partial charge in [0.1, 0.15) is 6.04 Å². The maximum atomic E-state index is 12.6. The Morgan fingerprint density at radius 3 is 2.08 bits per heavy atom. The Morgan fingerprint density at radius 2 is 1.60 bits per heavy atom. The molecule has 0 aliphatic heterocycles. The highest BCUT2D eigenvalue weighted by Gasteiger charge is 2.29. The number of aryl methyl sites for hydroxylation is 2. The molecule has 1 atom stereocenters. The van der Waals surface area contributed by atoms with Crippen LogP contribution in [0.3, 0.4) is 0 Å². The van der Waals surface area contributed by atoms with Crippen LogP contribution in [0.5, 0.6) is 0 Å². The fourth-order valence-electron chi connectivity index (χ4n) is 2.67. The molecule has 2 aromatic carbocycles. The van der Waals surface area contributed by atoms with Crippen molar-refractivity contribution in [3.05, 3.63) is 57.2 Å². The van der Waals surface area contributed by atoms with E-state index in [1.165, 1.54) is 0 Å². The van der Waals surface area contributed by atoms with E-state index in [1.807, 2.05) is 32.0 Å². The number of nitrogens with one attached hydrogen (secondary N) is 1. The summed E-state index contributed by atoms with van der Waals surface area (Å²) in [6.45, 7) is 5.38. The van der Waals surface area contributed by atoms with Crippen LogP contribution in [0.4, 0.5) is 11.4 Å². The third-order valence-electron chi connectivity index (χ3n) is 3.66. The average molecular weight is 472 g/mol. The molecule has 0 spiro atoms. The summed E-state index contributed by atoms with van der Waals surface area (Å²) < 4.78 is 26.9. The van der Waals surface area contributed by atoms with Gasteiger partial charge < -0.3 is 5.32 Å². The molecule has 0 heterocycles. The van der Waals surface area contributed by atoms with E-state index in [-0.39, 0.29) is 5.91 Å². The van der Waals surface area contributed by atoms with Crippen molar-refractivity contribution in [1.29, 1.82) is 0 Å². The molecule has 5 nitrogen and oxygen atoms in total. The van der Waals surface area contributed by atoms with Crippen LogP contribution in [0.15, 0.2) is 42.5 Å². The molecule has 2 aromatic rings. The van der Waals surface area contributed by atoms with Crippen molar-refractivity contribution >= 4 is 49.9 Å². The summed E-state index contributed by atoms with van der Waals surface area (Å²) in [4.78, 5) is 12.6. The minimum Gasteiger partial charge on any atom is -0.324 e. The van der Waals surface area contributed by atoms with Gasteiger partial charge in [-0.2, -0.15) is 0 Å². The van der Waals surface area contributed by atoms with E-state index >= 15 is 0 Å². The van der Waals surface area contributed by atoms with Gasteiger partial charge in [-0.25, -0.2) is 8.42 Å². The van der Waals surface area contributed by atoms with Crippen LogP contribution in [0.2, 0.25) is 0 Å². The van der Waals surface area contributed by atoms with Crippen molar-refractivity contribution in [3.8, 4) is 0 Å². The molecule has 0 bridgehead atoms. The first-order valence-corrected chi connectivity index (χ1v) is 10.6. The number of anilines is 2. The van der Waals surface area contributed by atoms with Crippen LogP contribution in [0.1, 0.15) is 18.1 Å². The third-order valence-corrected chi connectivity index (χ3v) is 5.62. The lowest BCUT2D eigenvalue weighted by Gasteiger charge is -2.28. The number of hydrogen-bond acceptors (Lipinski definition) is 3. The molecule has 1 amide bonds. The lowest BCUT2D eigenvalue weighted by atomic mass is 10.1. The number of amides is 1. The van der Waals surface area contributed by atoms with E-state index in [1.54, 1.807) is 31.2 Å². The summed E-state index contributed by atoms with van der Waals surface area (Å²) in [5.74, 6) is -0.384. The molecule has 1 N–H and O–H groups in total. The highest BCUT2D eigenvalue weighted by atomic mass is 127. The molecular weight excluding hydrogens is 451 g/mol. The Labute approximate surface area is 162 Å². The monoisotopic (exact) mass is 472 g/mol. The Hall–Kier alpha value is -1.61. The summed E-state index contributed by atoms with van der Waals surface area (Å²) in [7, 11) is -3.62. The summed E-state index contributed by atoms with van der Waals surface area (Å²) in [6.07, 6.45) is 1.11. The van der Waals surface area contributed by atoms with E-state index in [2.05, 4.69) is 27.9 Å². The number of sulfonamides is 1. The van der Waals surface area contributed by atoms with Crippen molar-refractivity contribution in [2.75, 3.05) is 15.9 Å². The van der Waals surface area contributed by atoms with Gasteiger partial charge in [-0.3, -0.25) is 9.10 Å². The average Bonchev–Trinajstić information content (AvgIpc) is 2.47. The number of hydrogen-bond donors (Lipinski definition) is 1. The van der Waals surface area contributed by atoms with Crippen LogP contribution in [-0.4, -0.2) is 26.6 Å². The fraction of sp³-hybridized carbons (Fsp3) is 0.278. The summed E-state index contributed by atoms with van der Waals surface area (Å²) in [6, 6.07) is 11.9. The smallest absolute Gasteiger partial charge is 0.247 e. The minimum atomic E-state index is -3.62. The Balaban J connectivity index is 2.34. The van der Waals surface area contributed by atoms with Gasteiger partial charge in [0.25, 0.3) is 0 Å². The molecular formula is C18H21IN2O3S. The zero-order valence-electron chi connectivity index (χ0n) is 14.6. The molecule has 0 saturated heterocycles. The Morgan fingerprint density at radius 1 is 1.08 bits per heavy atom. The van der Waals surface area contributed by atoms with Crippen molar-refractivity contribution in [1.82, 2.24) is 0 Å². The second-order valence-electron chi connectivity index (χ2n) is 6.08.